The van der Waals surface area contributed by atoms with Crippen LogP contribution in [0, 0.1) is 5.92 Å². The average Bonchev–Trinajstić information content (AvgIpc) is 2.76. The molecule has 2 nitrogen and oxygen atoms in total. The predicted octanol–water partition coefficient (Wildman–Crippen LogP) is 4.12. The Labute approximate surface area is 105 Å². The van der Waals surface area contributed by atoms with Gasteiger partial charge in [0, 0.05) is 5.92 Å². The SMILES string of the molecule is O=C(Nc1c(Cl)cccc1Cl)C1CCCC1. The first-order valence-corrected chi connectivity index (χ1v) is 6.19. The van der Waals surface area contributed by atoms with Crippen LogP contribution >= 0.6 is 23.2 Å². The molecule has 0 aliphatic heterocycles. The van der Waals surface area contributed by atoms with Crippen LogP contribution in [0.3, 0.4) is 0 Å². The van der Waals surface area contributed by atoms with Crippen molar-refractivity contribution in [2.75, 3.05) is 5.32 Å². The van der Waals surface area contributed by atoms with Gasteiger partial charge in [-0.15, -0.1) is 0 Å². The fourth-order valence-corrected chi connectivity index (χ4v) is 2.52. The molecule has 1 amide bonds. The summed E-state index contributed by atoms with van der Waals surface area (Å²) in [5.74, 6) is 0.153. The molecule has 0 saturated heterocycles. The third-order valence-corrected chi connectivity index (χ3v) is 3.57. The number of benzene rings is 1. The highest BCUT2D eigenvalue weighted by Gasteiger charge is 2.23. The summed E-state index contributed by atoms with van der Waals surface area (Å²) in [6.07, 6.45) is 4.20. The molecular formula is C12H13Cl2NO. The monoisotopic (exact) mass is 257 g/mol. The molecule has 1 aromatic rings. The Hall–Kier alpha value is -0.730. The number of amides is 1. The van der Waals surface area contributed by atoms with Gasteiger partial charge in [-0.1, -0.05) is 42.1 Å². The minimum absolute atomic E-state index is 0.0347. The van der Waals surface area contributed by atoms with Gasteiger partial charge < -0.3 is 5.32 Å². The lowest BCUT2D eigenvalue weighted by Gasteiger charge is -2.12. The number of hydrogen-bond acceptors (Lipinski definition) is 1. The van der Waals surface area contributed by atoms with Crippen LogP contribution in [0.15, 0.2) is 18.2 Å². The second-order valence-electron chi connectivity index (χ2n) is 4.07. The van der Waals surface area contributed by atoms with Crippen LogP contribution in [0.2, 0.25) is 10.0 Å². The van der Waals surface area contributed by atoms with Crippen LogP contribution in [0.5, 0.6) is 0 Å². The van der Waals surface area contributed by atoms with E-state index in [2.05, 4.69) is 5.32 Å². The van der Waals surface area contributed by atoms with Gasteiger partial charge in [-0.3, -0.25) is 4.79 Å². The third-order valence-electron chi connectivity index (χ3n) is 2.94. The molecule has 2 rings (SSSR count). The molecule has 1 aliphatic rings. The van der Waals surface area contributed by atoms with E-state index in [1.165, 1.54) is 0 Å². The number of hydrogen-bond donors (Lipinski definition) is 1. The first-order chi connectivity index (χ1) is 7.68. The van der Waals surface area contributed by atoms with Crippen molar-refractivity contribution in [1.29, 1.82) is 0 Å². The summed E-state index contributed by atoms with van der Waals surface area (Å²) in [6.45, 7) is 0. The van der Waals surface area contributed by atoms with Gasteiger partial charge >= 0.3 is 0 Å². The molecule has 0 radical (unpaired) electrons. The van der Waals surface area contributed by atoms with Crippen molar-refractivity contribution in [2.24, 2.45) is 5.92 Å². The van der Waals surface area contributed by atoms with E-state index in [-0.39, 0.29) is 11.8 Å². The number of halogens is 2. The number of rotatable bonds is 2. The zero-order valence-corrected chi connectivity index (χ0v) is 10.3. The molecule has 1 aromatic carbocycles. The van der Waals surface area contributed by atoms with Gasteiger partial charge in [-0.25, -0.2) is 0 Å². The molecule has 4 heteroatoms. The highest BCUT2D eigenvalue weighted by atomic mass is 35.5. The highest BCUT2D eigenvalue weighted by molar-refractivity contribution is 6.39. The van der Waals surface area contributed by atoms with Crippen molar-refractivity contribution < 1.29 is 4.79 Å². The topological polar surface area (TPSA) is 29.1 Å². The summed E-state index contributed by atoms with van der Waals surface area (Å²) in [7, 11) is 0. The lowest BCUT2D eigenvalue weighted by Crippen LogP contribution is -2.20. The van der Waals surface area contributed by atoms with Crippen LogP contribution < -0.4 is 5.32 Å². The van der Waals surface area contributed by atoms with Gasteiger partial charge in [-0.05, 0) is 25.0 Å². The van der Waals surface area contributed by atoms with Crippen molar-refractivity contribution in [3.05, 3.63) is 28.2 Å². The van der Waals surface area contributed by atoms with Crippen molar-refractivity contribution in [3.8, 4) is 0 Å². The van der Waals surface area contributed by atoms with E-state index in [1.54, 1.807) is 18.2 Å². The van der Waals surface area contributed by atoms with Crippen molar-refractivity contribution >= 4 is 34.8 Å². The minimum Gasteiger partial charge on any atom is -0.323 e. The van der Waals surface area contributed by atoms with Crippen LogP contribution in [0.25, 0.3) is 0 Å². The maximum absolute atomic E-state index is 11.9. The number of para-hydroxylation sites is 1. The lowest BCUT2D eigenvalue weighted by molar-refractivity contribution is -0.119. The Morgan fingerprint density at radius 1 is 1.19 bits per heavy atom. The summed E-state index contributed by atoms with van der Waals surface area (Å²) in [5.41, 5.74) is 0.530. The zero-order valence-electron chi connectivity index (χ0n) is 8.80. The lowest BCUT2D eigenvalue weighted by atomic mass is 10.1. The Bertz CT molecular complexity index is 380. The summed E-state index contributed by atoms with van der Waals surface area (Å²) < 4.78 is 0. The summed E-state index contributed by atoms with van der Waals surface area (Å²) in [6, 6.07) is 5.20. The molecule has 0 aromatic heterocycles. The van der Waals surface area contributed by atoms with Crippen LogP contribution in [-0.2, 0) is 4.79 Å². The standard InChI is InChI=1S/C12H13Cl2NO/c13-9-6-3-7-10(14)11(9)15-12(16)8-4-1-2-5-8/h3,6-8H,1-2,4-5H2,(H,15,16). The second kappa shape index (κ2) is 5.07. The predicted molar refractivity (Wildman–Crippen MR) is 67.0 cm³/mol. The first-order valence-electron chi connectivity index (χ1n) is 5.43. The van der Waals surface area contributed by atoms with Crippen molar-refractivity contribution in [2.45, 2.75) is 25.7 Å². The summed E-state index contributed by atoms with van der Waals surface area (Å²) >= 11 is 12.0. The fourth-order valence-electron chi connectivity index (χ4n) is 2.03. The van der Waals surface area contributed by atoms with E-state index < -0.39 is 0 Å². The van der Waals surface area contributed by atoms with E-state index in [1.807, 2.05) is 0 Å². The van der Waals surface area contributed by atoms with Crippen LogP contribution in [0.4, 0.5) is 5.69 Å². The van der Waals surface area contributed by atoms with Gasteiger partial charge in [-0.2, -0.15) is 0 Å². The molecule has 1 N–H and O–H groups in total. The zero-order chi connectivity index (χ0) is 11.5. The van der Waals surface area contributed by atoms with E-state index in [0.29, 0.717) is 15.7 Å². The van der Waals surface area contributed by atoms with E-state index in [0.717, 1.165) is 25.7 Å². The Kier molecular flexibility index (Phi) is 3.72. The number of carbonyl (C=O) groups is 1. The van der Waals surface area contributed by atoms with Crippen LogP contribution in [-0.4, -0.2) is 5.91 Å². The largest absolute Gasteiger partial charge is 0.323 e. The van der Waals surface area contributed by atoms with E-state index in [9.17, 15) is 4.79 Å². The summed E-state index contributed by atoms with van der Waals surface area (Å²) in [4.78, 5) is 11.9. The van der Waals surface area contributed by atoms with E-state index >= 15 is 0 Å². The molecule has 0 heterocycles. The van der Waals surface area contributed by atoms with Crippen LogP contribution in [0.1, 0.15) is 25.7 Å². The maximum Gasteiger partial charge on any atom is 0.227 e. The second-order valence-corrected chi connectivity index (χ2v) is 4.88. The molecule has 86 valence electrons. The number of nitrogens with one attached hydrogen (secondary N) is 1. The molecule has 1 saturated carbocycles. The van der Waals surface area contributed by atoms with Gasteiger partial charge in [0.05, 0.1) is 15.7 Å². The first kappa shape index (κ1) is 11.7. The number of anilines is 1. The molecule has 1 fully saturated rings. The molecule has 0 unspecified atom stereocenters. The Balaban J connectivity index is 2.11. The minimum atomic E-state index is 0.0347. The molecular weight excluding hydrogens is 245 g/mol. The highest BCUT2D eigenvalue weighted by Crippen LogP contribution is 2.32. The fraction of sp³-hybridized carbons (Fsp3) is 0.417. The smallest absolute Gasteiger partial charge is 0.227 e. The third kappa shape index (κ3) is 2.50. The Morgan fingerprint density at radius 2 is 1.75 bits per heavy atom. The molecule has 0 atom stereocenters. The van der Waals surface area contributed by atoms with Gasteiger partial charge in [0.15, 0.2) is 0 Å². The average molecular weight is 258 g/mol. The van der Waals surface area contributed by atoms with Crippen molar-refractivity contribution in [1.82, 2.24) is 0 Å². The number of carbonyl (C=O) groups excluding carboxylic acids is 1. The van der Waals surface area contributed by atoms with Crippen molar-refractivity contribution in [3.63, 3.8) is 0 Å². The van der Waals surface area contributed by atoms with Gasteiger partial charge in [0.2, 0.25) is 5.91 Å². The Morgan fingerprint density at radius 3 is 2.31 bits per heavy atom. The normalized spacial score (nSPS) is 16.4. The van der Waals surface area contributed by atoms with Gasteiger partial charge in [0.25, 0.3) is 0 Å². The molecule has 1 aliphatic carbocycles. The molecule has 16 heavy (non-hydrogen) atoms. The van der Waals surface area contributed by atoms with Gasteiger partial charge in [0.1, 0.15) is 0 Å². The molecule has 0 spiro atoms. The summed E-state index contributed by atoms with van der Waals surface area (Å²) in [5, 5.41) is 3.79. The quantitative estimate of drug-likeness (QED) is 0.849. The maximum atomic E-state index is 11.9. The molecule has 0 bridgehead atoms. The van der Waals surface area contributed by atoms with E-state index in [4.69, 9.17) is 23.2 Å².